The highest BCUT2D eigenvalue weighted by molar-refractivity contribution is 7.92. The van der Waals surface area contributed by atoms with Crippen molar-refractivity contribution >= 4 is 15.7 Å². The van der Waals surface area contributed by atoms with Gasteiger partial charge in [0.15, 0.2) is 0 Å². The van der Waals surface area contributed by atoms with Gasteiger partial charge in [0.1, 0.15) is 0 Å². The molecule has 0 amide bonds. The third-order valence-corrected chi connectivity index (χ3v) is 4.21. The molecule has 7 heteroatoms. The number of sulfonamides is 1. The van der Waals surface area contributed by atoms with Crippen LogP contribution in [0.5, 0.6) is 0 Å². The maximum atomic E-state index is 12.3. The molecule has 2 rings (SSSR count). The van der Waals surface area contributed by atoms with Gasteiger partial charge in [0.2, 0.25) is 0 Å². The van der Waals surface area contributed by atoms with Crippen molar-refractivity contribution in [1.82, 2.24) is 9.78 Å². The van der Waals surface area contributed by atoms with E-state index in [2.05, 4.69) is 9.82 Å². The second kappa shape index (κ2) is 5.64. The predicted octanol–water partition coefficient (Wildman–Crippen LogP) is 1.72. The Bertz CT molecular complexity index is 692. The minimum absolute atomic E-state index is 0.175. The number of nitrogens with one attached hydrogen (secondary N) is 1. The molecule has 0 saturated heterocycles. The molecular weight excluding hydrogens is 276 g/mol. The van der Waals surface area contributed by atoms with Crippen molar-refractivity contribution in [3.05, 3.63) is 42.2 Å². The molecule has 0 bridgehead atoms. The number of hydrogen-bond acceptors (Lipinski definition) is 4. The van der Waals surface area contributed by atoms with Crippen LogP contribution < -0.4 is 10.5 Å². The highest BCUT2D eigenvalue weighted by atomic mass is 32.2. The molecule has 20 heavy (non-hydrogen) atoms. The fourth-order valence-electron chi connectivity index (χ4n) is 1.73. The molecular formula is C13H18N4O2S. The van der Waals surface area contributed by atoms with Crippen molar-refractivity contribution in [2.75, 3.05) is 4.72 Å². The number of rotatable bonds is 5. The molecule has 0 unspecified atom stereocenters. The Morgan fingerprint density at radius 3 is 2.75 bits per heavy atom. The summed E-state index contributed by atoms with van der Waals surface area (Å²) in [5, 5.41) is 4.10. The number of nitrogens with zero attached hydrogens (tertiary/aromatic N) is 2. The Hall–Kier alpha value is -1.86. The second-order valence-corrected chi connectivity index (χ2v) is 6.44. The average Bonchev–Trinajstić information content (AvgIpc) is 2.87. The SMILES string of the molecule is CC(C)n1cc(NS(=O)(=O)c2cccc(CN)c2)cn1. The summed E-state index contributed by atoms with van der Waals surface area (Å²) in [6.45, 7) is 4.24. The largest absolute Gasteiger partial charge is 0.326 e. The van der Waals surface area contributed by atoms with Gasteiger partial charge < -0.3 is 5.73 Å². The lowest BCUT2D eigenvalue weighted by atomic mass is 10.2. The van der Waals surface area contributed by atoms with Crippen LogP contribution in [0.15, 0.2) is 41.6 Å². The van der Waals surface area contributed by atoms with Gasteiger partial charge in [-0.05, 0) is 31.5 Å². The molecule has 0 fully saturated rings. The standard InChI is InChI=1S/C13H18N4O2S/c1-10(2)17-9-12(8-15-17)16-20(18,19)13-5-3-4-11(6-13)7-14/h3-6,8-10,16H,7,14H2,1-2H3. The summed E-state index contributed by atoms with van der Waals surface area (Å²) >= 11 is 0. The number of anilines is 1. The third-order valence-electron chi connectivity index (χ3n) is 2.83. The summed E-state index contributed by atoms with van der Waals surface area (Å²) in [5.74, 6) is 0. The summed E-state index contributed by atoms with van der Waals surface area (Å²) in [5.41, 5.74) is 6.73. The number of benzene rings is 1. The zero-order chi connectivity index (χ0) is 14.8. The normalized spacial score (nSPS) is 11.8. The van der Waals surface area contributed by atoms with Gasteiger partial charge in [-0.1, -0.05) is 12.1 Å². The van der Waals surface area contributed by atoms with Crippen LogP contribution in [-0.4, -0.2) is 18.2 Å². The van der Waals surface area contributed by atoms with Gasteiger partial charge in [0.05, 0.1) is 16.8 Å². The molecule has 0 aliphatic rings. The zero-order valence-corrected chi connectivity index (χ0v) is 12.3. The average molecular weight is 294 g/mol. The second-order valence-electron chi connectivity index (χ2n) is 4.76. The molecule has 0 aliphatic carbocycles. The minimum Gasteiger partial charge on any atom is -0.326 e. The molecule has 2 aromatic rings. The fourth-order valence-corrected chi connectivity index (χ4v) is 2.82. The van der Waals surface area contributed by atoms with E-state index in [0.717, 1.165) is 5.56 Å². The first kappa shape index (κ1) is 14.5. The molecule has 3 N–H and O–H groups in total. The van der Waals surface area contributed by atoms with Crippen LogP contribution in [0, 0.1) is 0 Å². The Morgan fingerprint density at radius 2 is 2.15 bits per heavy atom. The van der Waals surface area contributed by atoms with Crippen LogP contribution in [-0.2, 0) is 16.6 Å². The van der Waals surface area contributed by atoms with Gasteiger partial charge in [-0.2, -0.15) is 5.10 Å². The van der Waals surface area contributed by atoms with E-state index in [1.165, 1.54) is 12.3 Å². The summed E-state index contributed by atoms with van der Waals surface area (Å²) in [7, 11) is -3.62. The first-order valence-corrected chi connectivity index (χ1v) is 7.76. The Balaban J connectivity index is 2.25. The molecule has 1 aromatic carbocycles. The van der Waals surface area contributed by atoms with Crippen LogP contribution in [0.3, 0.4) is 0 Å². The quantitative estimate of drug-likeness (QED) is 0.878. The molecule has 0 radical (unpaired) electrons. The van der Waals surface area contributed by atoms with E-state index in [1.54, 1.807) is 29.1 Å². The van der Waals surface area contributed by atoms with Gasteiger partial charge >= 0.3 is 0 Å². The van der Waals surface area contributed by atoms with Crippen LogP contribution >= 0.6 is 0 Å². The lowest BCUT2D eigenvalue weighted by Crippen LogP contribution is -2.13. The van der Waals surface area contributed by atoms with Gasteiger partial charge in [0.25, 0.3) is 10.0 Å². The molecule has 0 aliphatic heterocycles. The van der Waals surface area contributed by atoms with E-state index in [4.69, 9.17) is 5.73 Å². The highest BCUT2D eigenvalue weighted by Crippen LogP contribution is 2.17. The van der Waals surface area contributed by atoms with E-state index in [-0.39, 0.29) is 10.9 Å². The van der Waals surface area contributed by atoms with Crippen molar-refractivity contribution in [2.24, 2.45) is 5.73 Å². The first-order valence-electron chi connectivity index (χ1n) is 6.28. The third kappa shape index (κ3) is 3.17. The maximum absolute atomic E-state index is 12.3. The Labute approximate surface area is 118 Å². The smallest absolute Gasteiger partial charge is 0.262 e. The first-order chi connectivity index (χ1) is 9.42. The lowest BCUT2D eigenvalue weighted by Gasteiger charge is -2.07. The number of aromatic nitrogens is 2. The van der Waals surface area contributed by atoms with Crippen molar-refractivity contribution in [1.29, 1.82) is 0 Å². The molecule has 0 saturated carbocycles. The molecule has 1 heterocycles. The van der Waals surface area contributed by atoms with Crippen LogP contribution in [0.2, 0.25) is 0 Å². The van der Waals surface area contributed by atoms with Crippen molar-refractivity contribution in [3.63, 3.8) is 0 Å². The van der Waals surface area contributed by atoms with E-state index < -0.39 is 10.0 Å². The van der Waals surface area contributed by atoms with Crippen molar-refractivity contribution in [2.45, 2.75) is 31.3 Å². The number of nitrogens with two attached hydrogens (primary N) is 1. The highest BCUT2D eigenvalue weighted by Gasteiger charge is 2.15. The molecule has 108 valence electrons. The van der Waals surface area contributed by atoms with Gasteiger partial charge in [-0.15, -0.1) is 0 Å². The Morgan fingerprint density at radius 1 is 1.40 bits per heavy atom. The molecule has 0 atom stereocenters. The van der Waals surface area contributed by atoms with Gasteiger partial charge in [0, 0.05) is 18.8 Å². The molecule has 0 spiro atoms. The molecule has 1 aromatic heterocycles. The Kier molecular flexibility index (Phi) is 4.10. The van der Waals surface area contributed by atoms with Gasteiger partial charge in [-0.3, -0.25) is 9.40 Å². The van der Waals surface area contributed by atoms with Crippen LogP contribution in [0.1, 0.15) is 25.5 Å². The fraction of sp³-hybridized carbons (Fsp3) is 0.308. The van der Waals surface area contributed by atoms with Crippen LogP contribution in [0.4, 0.5) is 5.69 Å². The summed E-state index contributed by atoms with van der Waals surface area (Å²) in [6.07, 6.45) is 3.15. The molecule has 6 nitrogen and oxygen atoms in total. The zero-order valence-electron chi connectivity index (χ0n) is 11.4. The number of hydrogen-bond donors (Lipinski definition) is 2. The monoisotopic (exact) mass is 294 g/mol. The van der Waals surface area contributed by atoms with E-state index in [0.29, 0.717) is 12.2 Å². The summed E-state index contributed by atoms with van der Waals surface area (Å²) in [6, 6.07) is 6.74. The summed E-state index contributed by atoms with van der Waals surface area (Å²) in [4.78, 5) is 0.192. The topological polar surface area (TPSA) is 90.0 Å². The van der Waals surface area contributed by atoms with E-state index in [1.807, 2.05) is 13.8 Å². The van der Waals surface area contributed by atoms with E-state index >= 15 is 0 Å². The van der Waals surface area contributed by atoms with Crippen LogP contribution in [0.25, 0.3) is 0 Å². The van der Waals surface area contributed by atoms with Crippen molar-refractivity contribution in [3.8, 4) is 0 Å². The minimum atomic E-state index is -3.62. The lowest BCUT2D eigenvalue weighted by molar-refractivity contribution is 0.532. The maximum Gasteiger partial charge on any atom is 0.262 e. The van der Waals surface area contributed by atoms with E-state index in [9.17, 15) is 8.42 Å². The van der Waals surface area contributed by atoms with Crippen molar-refractivity contribution < 1.29 is 8.42 Å². The predicted molar refractivity (Wildman–Crippen MR) is 77.8 cm³/mol. The van der Waals surface area contributed by atoms with Gasteiger partial charge in [-0.25, -0.2) is 8.42 Å². The summed E-state index contributed by atoms with van der Waals surface area (Å²) < 4.78 is 28.7.